The Morgan fingerprint density at radius 3 is 2.58 bits per heavy atom. The molecule has 0 bridgehead atoms. The minimum absolute atomic E-state index is 0.203. The van der Waals surface area contributed by atoms with E-state index in [4.69, 9.17) is 32.7 Å². The highest BCUT2D eigenvalue weighted by atomic mass is 35.5. The number of pyridine rings is 1. The smallest absolute Gasteiger partial charge is 0.326 e. The van der Waals surface area contributed by atoms with Gasteiger partial charge in [0, 0.05) is 43.7 Å². The largest absolute Gasteiger partial charge is 0.494 e. The summed E-state index contributed by atoms with van der Waals surface area (Å²) in [5.41, 5.74) is 1.75. The lowest BCUT2D eigenvalue weighted by atomic mass is 10.2. The van der Waals surface area contributed by atoms with Gasteiger partial charge in [0.05, 0.1) is 34.4 Å². The number of nitrogens with zero attached hydrogens (tertiary/aromatic N) is 4. The summed E-state index contributed by atoms with van der Waals surface area (Å²) in [6.07, 6.45) is 2.03. The molecule has 1 saturated heterocycles. The third-order valence-corrected chi connectivity index (χ3v) is 6.89. The van der Waals surface area contributed by atoms with E-state index in [0.717, 1.165) is 67.9 Å². The van der Waals surface area contributed by atoms with E-state index in [-0.39, 0.29) is 12.5 Å². The molecule has 3 aromatic rings. The molecule has 1 aromatic heterocycles. The van der Waals surface area contributed by atoms with Crippen LogP contribution in [0.3, 0.4) is 0 Å². The maximum atomic E-state index is 11.9. The standard InChI is InChI=1S/C27H32Cl2N4O3/c1-31(2)19-26(34)36-25-11-9-20-8-10-21(18-23(20)30-25)35-17-4-3-12-32-13-15-33(16-14-32)24-7-5-6-22(28)27(24)29/h5-11,18H,3-4,12-17,19H2,1-2H3. The maximum absolute atomic E-state index is 11.9. The predicted octanol–water partition coefficient (Wildman–Crippen LogP) is 4.99. The Kier molecular flexibility index (Phi) is 9.26. The summed E-state index contributed by atoms with van der Waals surface area (Å²) in [6.45, 7) is 5.76. The summed E-state index contributed by atoms with van der Waals surface area (Å²) >= 11 is 12.6. The molecule has 192 valence electrons. The average Bonchev–Trinajstić information content (AvgIpc) is 2.85. The molecule has 36 heavy (non-hydrogen) atoms. The minimum atomic E-state index is -0.339. The second-order valence-electron chi connectivity index (χ2n) is 9.17. The number of fused-ring (bicyclic) bond motifs is 1. The van der Waals surface area contributed by atoms with Crippen LogP contribution in [-0.4, -0.2) is 80.7 Å². The van der Waals surface area contributed by atoms with Gasteiger partial charge in [0.2, 0.25) is 5.88 Å². The van der Waals surface area contributed by atoms with Gasteiger partial charge in [-0.15, -0.1) is 0 Å². The number of carbonyl (C=O) groups is 1. The highest BCUT2D eigenvalue weighted by molar-refractivity contribution is 6.43. The molecule has 0 atom stereocenters. The number of benzene rings is 2. The number of ether oxygens (including phenoxy) is 2. The van der Waals surface area contributed by atoms with Gasteiger partial charge < -0.3 is 14.4 Å². The molecule has 1 aliphatic heterocycles. The fraction of sp³-hybridized carbons (Fsp3) is 0.407. The van der Waals surface area contributed by atoms with Crippen LogP contribution < -0.4 is 14.4 Å². The minimum Gasteiger partial charge on any atom is -0.494 e. The molecule has 1 aliphatic rings. The van der Waals surface area contributed by atoms with Crippen molar-refractivity contribution in [3.8, 4) is 11.6 Å². The molecule has 4 rings (SSSR count). The molecular formula is C27H32Cl2N4O3. The number of aromatic nitrogens is 1. The van der Waals surface area contributed by atoms with E-state index in [9.17, 15) is 4.79 Å². The van der Waals surface area contributed by atoms with Gasteiger partial charge in [-0.2, -0.15) is 0 Å². The molecule has 0 saturated carbocycles. The molecule has 0 aliphatic carbocycles. The molecule has 1 fully saturated rings. The Hall–Kier alpha value is -2.58. The number of esters is 1. The molecule has 2 aromatic carbocycles. The maximum Gasteiger partial charge on any atom is 0.326 e. The summed E-state index contributed by atoms with van der Waals surface area (Å²) in [4.78, 5) is 22.9. The molecule has 2 heterocycles. The number of hydrogen-bond donors (Lipinski definition) is 0. The van der Waals surface area contributed by atoms with Gasteiger partial charge in [-0.25, -0.2) is 4.98 Å². The van der Waals surface area contributed by atoms with Gasteiger partial charge in [0.25, 0.3) is 0 Å². The van der Waals surface area contributed by atoms with Crippen molar-refractivity contribution in [2.75, 3.05) is 64.9 Å². The zero-order valence-corrected chi connectivity index (χ0v) is 22.3. The van der Waals surface area contributed by atoms with E-state index in [1.807, 2.05) is 56.6 Å². The third kappa shape index (κ3) is 7.23. The van der Waals surface area contributed by atoms with Crippen LogP contribution in [0.2, 0.25) is 10.0 Å². The van der Waals surface area contributed by atoms with Gasteiger partial charge in [-0.3, -0.25) is 14.6 Å². The van der Waals surface area contributed by atoms with Crippen LogP contribution in [-0.2, 0) is 4.79 Å². The van der Waals surface area contributed by atoms with Gasteiger partial charge in [0.15, 0.2) is 0 Å². The van der Waals surface area contributed by atoms with Crippen LogP contribution in [0.15, 0.2) is 48.5 Å². The number of likely N-dealkylation sites (N-methyl/N-ethyl adjacent to an activating group) is 1. The van der Waals surface area contributed by atoms with E-state index in [1.54, 1.807) is 11.0 Å². The van der Waals surface area contributed by atoms with Gasteiger partial charge in [-0.05, 0) is 63.8 Å². The van der Waals surface area contributed by atoms with Crippen molar-refractivity contribution >= 4 is 45.8 Å². The first-order valence-electron chi connectivity index (χ1n) is 12.2. The molecule has 0 N–H and O–H groups in total. The Morgan fingerprint density at radius 2 is 1.81 bits per heavy atom. The average molecular weight is 531 g/mol. The Balaban J connectivity index is 1.19. The second kappa shape index (κ2) is 12.6. The van der Waals surface area contributed by atoms with Crippen molar-refractivity contribution in [1.29, 1.82) is 0 Å². The zero-order chi connectivity index (χ0) is 25.5. The van der Waals surface area contributed by atoms with E-state index < -0.39 is 0 Å². The zero-order valence-electron chi connectivity index (χ0n) is 20.8. The molecule has 7 nitrogen and oxygen atoms in total. The van der Waals surface area contributed by atoms with Crippen molar-refractivity contribution in [3.63, 3.8) is 0 Å². The number of hydrogen-bond acceptors (Lipinski definition) is 7. The van der Waals surface area contributed by atoms with E-state index in [2.05, 4.69) is 14.8 Å². The summed E-state index contributed by atoms with van der Waals surface area (Å²) in [5.74, 6) is 0.719. The molecule has 9 heteroatoms. The van der Waals surface area contributed by atoms with Crippen LogP contribution in [0.4, 0.5) is 5.69 Å². The molecular weight excluding hydrogens is 499 g/mol. The Morgan fingerprint density at radius 1 is 1.03 bits per heavy atom. The first-order chi connectivity index (χ1) is 17.4. The normalized spacial score (nSPS) is 14.4. The van der Waals surface area contributed by atoms with E-state index in [0.29, 0.717) is 22.5 Å². The summed E-state index contributed by atoms with van der Waals surface area (Å²) in [7, 11) is 3.63. The molecule has 0 amide bonds. The number of carbonyl (C=O) groups excluding carboxylic acids is 1. The highest BCUT2D eigenvalue weighted by Gasteiger charge is 2.19. The first kappa shape index (κ1) is 26.5. The molecule has 0 radical (unpaired) electrons. The van der Waals surface area contributed by atoms with Gasteiger partial charge in [-0.1, -0.05) is 29.3 Å². The van der Waals surface area contributed by atoms with Crippen LogP contribution in [0, 0.1) is 0 Å². The lowest BCUT2D eigenvalue weighted by Crippen LogP contribution is -2.46. The second-order valence-corrected chi connectivity index (χ2v) is 9.96. The third-order valence-electron chi connectivity index (χ3n) is 6.08. The summed E-state index contributed by atoms with van der Waals surface area (Å²) in [6, 6.07) is 15.2. The number of rotatable bonds is 10. The quantitative estimate of drug-likeness (QED) is 0.270. The van der Waals surface area contributed by atoms with Crippen LogP contribution in [0.25, 0.3) is 10.9 Å². The highest BCUT2D eigenvalue weighted by Crippen LogP contribution is 2.33. The van der Waals surface area contributed by atoms with Crippen molar-refractivity contribution in [1.82, 2.24) is 14.8 Å². The number of unbranched alkanes of at least 4 members (excludes halogenated alkanes) is 1. The number of halogens is 2. The topological polar surface area (TPSA) is 58.1 Å². The SMILES string of the molecule is CN(C)CC(=O)Oc1ccc2ccc(OCCCCN3CCN(c4cccc(Cl)c4Cl)CC3)cc2n1. The van der Waals surface area contributed by atoms with E-state index in [1.165, 1.54) is 0 Å². The van der Waals surface area contributed by atoms with Crippen molar-refractivity contribution in [2.24, 2.45) is 0 Å². The van der Waals surface area contributed by atoms with Crippen molar-refractivity contribution in [2.45, 2.75) is 12.8 Å². The van der Waals surface area contributed by atoms with Crippen LogP contribution in [0.5, 0.6) is 11.6 Å². The van der Waals surface area contributed by atoms with Crippen molar-refractivity contribution in [3.05, 3.63) is 58.6 Å². The lowest BCUT2D eigenvalue weighted by Gasteiger charge is -2.36. The fourth-order valence-electron chi connectivity index (χ4n) is 4.21. The van der Waals surface area contributed by atoms with Crippen molar-refractivity contribution < 1.29 is 14.3 Å². The van der Waals surface area contributed by atoms with E-state index >= 15 is 0 Å². The Bertz CT molecular complexity index is 1180. The lowest BCUT2D eigenvalue weighted by molar-refractivity contribution is -0.135. The fourth-order valence-corrected chi connectivity index (χ4v) is 4.62. The first-order valence-corrected chi connectivity index (χ1v) is 12.9. The van der Waals surface area contributed by atoms with Crippen LogP contribution >= 0.6 is 23.2 Å². The van der Waals surface area contributed by atoms with Crippen LogP contribution in [0.1, 0.15) is 12.8 Å². The Labute approximate surface area is 222 Å². The number of anilines is 1. The number of piperazine rings is 1. The molecule has 0 unspecified atom stereocenters. The monoisotopic (exact) mass is 530 g/mol. The molecule has 0 spiro atoms. The summed E-state index contributed by atoms with van der Waals surface area (Å²) < 4.78 is 11.3. The van der Waals surface area contributed by atoms with Gasteiger partial charge in [0.1, 0.15) is 5.75 Å². The summed E-state index contributed by atoms with van der Waals surface area (Å²) in [5, 5.41) is 2.20. The van der Waals surface area contributed by atoms with Gasteiger partial charge >= 0.3 is 5.97 Å². The predicted molar refractivity (Wildman–Crippen MR) is 146 cm³/mol.